The summed E-state index contributed by atoms with van der Waals surface area (Å²) in [5.74, 6) is 0.371. The van der Waals surface area contributed by atoms with Crippen LogP contribution in [0.2, 0.25) is 0 Å². The molecule has 2 nitrogen and oxygen atoms in total. The Labute approximate surface area is 150 Å². The summed E-state index contributed by atoms with van der Waals surface area (Å²) in [4.78, 5) is 15.0. The third kappa shape index (κ3) is 4.09. The molecule has 0 N–H and O–H groups in total. The molecule has 3 heteroatoms. The van der Waals surface area contributed by atoms with Crippen LogP contribution in [-0.4, -0.2) is 37.0 Å². The van der Waals surface area contributed by atoms with Crippen LogP contribution in [0, 0.1) is 5.92 Å². The summed E-state index contributed by atoms with van der Waals surface area (Å²) >= 11 is 0. The number of likely N-dealkylation sites (tertiary alicyclic amines) is 1. The lowest BCUT2D eigenvalue weighted by Gasteiger charge is -2.33. The average molecular weight is 341 g/mol. The monoisotopic (exact) mass is 341 g/mol. The van der Waals surface area contributed by atoms with E-state index in [-0.39, 0.29) is 18.0 Å². The van der Waals surface area contributed by atoms with E-state index in [4.69, 9.17) is 0 Å². The number of fused-ring (bicyclic) bond motifs is 1. The first-order chi connectivity index (χ1) is 12.0. The van der Waals surface area contributed by atoms with E-state index >= 15 is 0 Å². The molecule has 134 valence electrons. The van der Waals surface area contributed by atoms with E-state index in [2.05, 4.69) is 55.1 Å². The number of piperidine rings is 1. The van der Waals surface area contributed by atoms with E-state index in [0.717, 1.165) is 19.4 Å². The topological polar surface area (TPSA) is 20.3 Å². The number of benzene rings is 2. The van der Waals surface area contributed by atoms with E-state index in [0.29, 0.717) is 25.3 Å². The Morgan fingerprint density at radius 3 is 2.76 bits per heavy atom. The smallest absolute Gasteiger partial charge is 0.138 e. The van der Waals surface area contributed by atoms with Crippen molar-refractivity contribution in [1.29, 1.82) is 0 Å². The van der Waals surface area contributed by atoms with Gasteiger partial charge in [-0.1, -0.05) is 56.3 Å². The largest absolute Gasteiger partial charge is 0.300 e. The van der Waals surface area contributed by atoms with Crippen molar-refractivity contribution in [3.8, 4) is 0 Å². The first-order valence-corrected chi connectivity index (χ1v) is 9.30. The van der Waals surface area contributed by atoms with Gasteiger partial charge in [0, 0.05) is 25.4 Å². The first kappa shape index (κ1) is 18.1. The lowest BCUT2D eigenvalue weighted by Crippen LogP contribution is -2.41. The fraction of sp³-hybridized carbons (Fsp3) is 0.500. The summed E-state index contributed by atoms with van der Waals surface area (Å²) in [6.07, 6.45) is 2.47. The maximum absolute atomic E-state index is 13.0. The second-order valence-corrected chi connectivity index (χ2v) is 7.88. The lowest BCUT2D eigenvalue weighted by molar-refractivity contribution is -0.125. The molecule has 0 bridgehead atoms. The van der Waals surface area contributed by atoms with Crippen molar-refractivity contribution in [3.63, 3.8) is 0 Å². The zero-order chi connectivity index (χ0) is 17.9. The lowest BCUT2D eigenvalue weighted by atomic mass is 9.75. The number of alkyl halides is 1. The Hall–Kier alpha value is -1.74. The molecule has 1 fully saturated rings. The van der Waals surface area contributed by atoms with Crippen molar-refractivity contribution in [2.24, 2.45) is 5.92 Å². The highest BCUT2D eigenvalue weighted by Crippen LogP contribution is 2.34. The summed E-state index contributed by atoms with van der Waals surface area (Å²) in [6, 6.07) is 14.7. The van der Waals surface area contributed by atoms with Crippen molar-refractivity contribution in [2.45, 2.75) is 38.5 Å². The predicted octanol–water partition coefficient (Wildman–Crippen LogP) is 4.76. The Balaban J connectivity index is 1.77. The fourth-order valence-corrected chi connectivity index (χ4v) is 4.13. The van der Waals surface area contributed by atoms with Crippen LogP contribution in [0.15, 0.2) is 42.5 Å². The first-order valence-electron chi connectivity index (χ1n) is 9.30. The predicted molar refractivity (Wildman–Crippen MR) is 102 cm³/mol. The Morgan fingerprint density at radius 2 is 1.96 bits per heavy atom. The number of carbonyl (C=O) groups is 1. The quantitative estimate of drug-likeness (QED) is 0.755. The minimum atomic E-state index is -0.331. The van der Waals surface area contributed by atoms with Gasteiger partial charge >= 0.3 is 0 Å². The molecule has 0 amide bonds. The molecule has 1 aliphatic rings. The number of carbonyl (C=O) groups excluding carboxylic acids is 1. The molecule has 1 atom stereocenters. The summed E-state index contributed by atoms with van der Waals surface area (Å²) in [5, 5.41) is 2.44. The van der Waals surface area contributed by atoms with E-state index < -0.39 is 0 Å². The molecule has 1 heterocycles. The number of Topliss-reactive ketones (excluding diaryl/α,β-unsaturated/α-hetero) is 1. The fourth-order valence-electron chi connectivity index (χ4n) is 4.13. The normalized spacial score (nSPS) is 19.2. The highest BCUT2D eigenvalue weighted by molar-refractivity contribution is 5.88. The molecular weight excluding hydrogens is 313 g/mol. The zero-order valence-corrected chi connectivity index (χ0v) is 15.3. The SMILES string of the molecule is CC(C)(CC(=O)[C@H]1CCCN(CCF)C1)c1cccc2ccccc12. The Bertz CT molecular complexity index is 732. The number of hydrogen-bond donors (Lipinski definition) is 0. The molecular formula is C22H28FNO. The summed E-state index contributed by atoms with van der Waals surface area (Å²) < 4.78 is 12.6. The Kier molecular flexibility index (Phi) is 5.53. The van der Waals surface area contributed by atoms with Crippen molar-refractivity contribution in [1.82, 2.24) is 4.90 Å². The third-order valence-electron chi connectivity index (χ3n) is 5.50. The van der Waals surface area contributed by atoms with Crippen LogP contribution in [0.5, 0.6) is 0 Å². The van der Waals surface area contributed by atoms with Gasteiger partial charge in [-0.05, 0) is 41.1 Å². The molecule has 0 aliphatic carbocycles. The average Bonchev–Trinajstić information content (AvgIpc) is 2.61. The number of halogens is 1. The maximum atomic E-state index is 13.0. The van der Waals surface area contributed by atoms with E-state index in [1.54, 1.807) is 0 Å². The van der Waals surface area contributed by atoms with Crippen LogP contribution < -0.4 is 0 Å². The number of rotatable bonds is 6. The Morgan fingerprint density at radius 1 is 1.20 bits per heavy atom. The van der Waals surface area contributed by atoms with Crippen LogP contribution in [0.1, 0.15) is 38.7 Å². The molecule has 0 aromatic heterocycles. The van der Waals surface area contributed by atoms with Gasteiger partial charge in [-0.2, -0.15) is 0 Å². The molecule has 1 saturated heterocycles. The molecule has 3 rings (SSSR count). The molecule has 2 aromatic rings. The minimum Gasteiger partial charge on any atom is -0.300 e. The van der Waals surface area contributed by atoms with Gasteiger partial charge < -0.3 is 4.90 Å². The van der Waals surface area contributed by atoms with Gasteiger partial charge in [-0.3, -0.25) is 4.79 Å². The molecule has 25 heavy (non-hydrogen) atoms. The van der Waals surface area contributed by atoms with Gasteiger partial charge in [0.2, 0.25) is 0 Å². The second-order valence-electron chi connectivity index (χ2n) is 7.88. The second kappa shape index (κ2) is 7.65. The maximum Gasteiger partial charge on any atom is 0.138 e. The summed E-state index contributed by atoms with van der Waals surface area (Å²) in [7, 11) is 0. The van der Waals surface area contributed by atoms with Crippen LogP contribution in [0.4, 0.5) is 4.39 Å². The minimum absolute atomic E-state index is 0.0505. The van der Waals surface area contributed by atoms with Gasteiger partial charge in [0.15, 0.2) is 0 Å². The molecule has 1 aliphatic heterocycles. The highest BCUT2D eigenvalue weighted by Gasteiger charge is 2.31. The van der Waals surface area contributed by atoms with Gasteiger partial charge in [0.1, 0.15) is 12.5 Å². The van der Waals surface area contributed by atoms with Crippen molar-refractivity contribution < 1.29 is 9.18 Å². The van der Waals surface area contributed by atoms with Crippen LogP contribution in [0.25, 0.3) is 10.8 Å². The van der Waals surface area contributed by atoms with E-state index in [1.807, 2.05) is 6.07 Å². The van der Waals surface area contributed by atoms with Crippen molar-refractivity contribution >= 4 is 16.6 Å². The van der Waals surface area contributed by atoms with E-state index in [1.165, 1.54) is 16.3 Å². The van der Waals surface area contributed by atoms with E-state index in [9.17, 15) is 9.18 Å². The summed E-state index contributed by atoms with van der Waals surface area (Å²) in [5.41, 5.74) is 1.02. The number of hydrogen-bond acceptors (Lipinski definition) is 2. The standard InChI is InChI=1S/C22H28FNO/c1-22(2,20-11-5-8-17-7-3-4-10-19(17)20)15-21(25)18-9-6-13-24(16-18)14-12-23/h3-5,7-8,10-11,18H,6,9,12-16H2,1-2H3/t18-/m0/s1. The highest BCUT2D eigenvalue weighted by atomic mass is 19.1. The van der Waals surface area contributed by atoms with Crippen molar-refractivity contribution in [3.05, 3.63) is 48.0 Å². The third-order valence-corrected chi connectivity index (χ3v) is 5.50. The van der Waals surface area contributed by atoms with Crippen LogP contribution in [-0.2, 0) is 10.2 Å². The molecule has 0 unspecified atom stereocenters. The molecule has 0 spiro atoms. The number of nitrogens with zero attached hydrogens (tertiary/aromatic N) is 1. The van der Waals surface area contributed by atoms with Crippen LogP contribution >= 0.6 is 0 Å². The van der Waals surface area contributed by atoms with Crippen molar-refractivity contribution in [2.75, 3.05) is 26.3 Å². The number of ketones is 1. The van der Waals surface area contributed by atoms with Crippen LogP contribution in [0.3, 0.4) is 0 Å². The molecule has 2 aromatic carbocycles. The van der Waals surface area contributed by atoms with Gasteiger partial charge in [0.05, 0.1) is 0 Å². The van der Waals surface area contributed by atoms with Gasteiger partial charge in [0.25, 0.3) is 0 Å². The summed E-state index contributed by atoms with van der Waals surface area (Å²) in [6.45, 7) is 6.08. The van der Waals surface area contributed by atoms with Gasteiger partial charge in [-0.15, -0.1) is 0 Å². The molecule has 0 radical (unpaired) electrons. The zero-order valence-electron chi connectivity index (χ0n) is 15.3. The van der Waals surface area contributed by atoms with Gasteiger partial charge in [-0.25, -0.2) is 4.39 Å². The molecule has 0 saturated carbocycles.